The molecule has 0 spiro atoms. The summed E-state index contributed by atoms with van der Waals surface area (Å²) in [7, 11) is 0. The smallest absolute Gasteiger partial charge is 0.371 e. The van der Waals surface area contributed by atoms with Crippen LogP contribution in [0, 0.1) is 0 Å². The lowest BCUT2D eigenvalue weighted by Crippen LogP contribution is -1.97. The van der Waals surface area contributed by atoms with E-state index in [0.717, 1.165) is 6.08 Å². The molecule has 3 N–H and O–H groups in total. The number of H-pyrrole nitrogens is 1. The molecule has 0 saturated carbocycles. The van der Waals surface area contributed by atoms with E-state index in [1.54, 1.807) is 18.2 Å². The van der Waals surface area contributed by atoms with E-state index in [4.69, 9.17) is 10.2 Å². The molecule has 0 aliphatic rings. The minimum atomic E-state index is -1.14. The van der Waals surface area contributed by atoms with E-state index in [2.05, 4.69) is 9.97 Å². The van der Waals surface area contributed by atoms with Crippen molar-refractivity contribution in [2.75, 3.05) is 0 Å². The van der Waals surface area contributed by atoms with Crippen molar-refractivity contribution in [2.45, 2.75) is 0 Å². The van der Waals surface area contributed by atoms with Gasteiger partial charge < -0.3 is 15.2 Å². The van der Waals surface area contributed by atoms with Crippen LogP contribution in [0.25, 0.3) is 17.1 Å². The number of aromatic amines is 1. The van der Waals surface area contributed by atoms with Crippen LogP contribution in [-0.2, 0) is 4.79 Å². The summed E-state index contributed by atoms with van der Waals surface area (Å²) in [5.41, 5.74) is 1.73. The fourth-order valence-electron chi connectivity index (χ4n) is 1.40. The SMILES string of the molecule is O=C(O)C=Cc1ccc2nc(C(=O)O)[nH]c2c1. The number of nitrogens with zero attached hydrogens (tertiary/aromatic N) is 1. The Labute approximate surface area is 95.2 Å². The fourth-order valence-corrected chi connectivity index (χ4v) is 1.40. The molecule has 0 fully saturated rings. The van der Waals surface area contributed by atoms with Crippen molar-refractivity contribution in [1.82, 2.24) is 9.97 Å². The third-order valence-corrected chi connectivity index (χ3v) is 2.13. The molecule has 1 aromatic carbocycles. The Bertz CT molecular complexity index is 627. The number of hydrogen-bond acceptors (Lipinski definition) is 3. The van der Waals surface area contributed by atoms with Crippen LogP contribution in [-0.4, -0.2) is 32.1 Å². The summed E-state index contributed by atoms with van der Waals surface area (Å²) in [5, 5.41) is 17.2. The third-order valence-electron chi connectivity index (χ3n) is 2.13. The van der Waals surface area contributed by atoms with Crippen LogP contribution in [0.4, 0.5) is 0 Å². The number of carbonyl (C=O) groups is 2. The number of carboxylic acid groups (broad SMARTS) is 2. The molecule has 17 heavy (non-hydrogen) atoms. The van der Waals surface area contributed by atoms with Crippen LogP contribution in [0.2, 0.25) is 0 Å². The first kappa shape index (κ1) is 10.9. The Morgan fingerprint density at radius 2 is 2.06 bits per heavy atom. The van der Waals surface area contributed by atoms with E-state index >= 15 is 0 Å². The molecule has 6 nitrogen and oxygen atoms in total. The summed E-state index contributed by atoms with van der Waals surface area (Å²) in [6.07, 6.45) is 2.43. The quantitative estimate of drug-likeness (QED) is 0.693. The highest BCUT2D eigenvalue weighted by molar-refractivity contribution is 5.90. The fraction of sp³-hybridized carbons (Fsp3) is 0. The molecule has 2 rings (SSSR count). The largest absolute Gasteiger partial charge is 0.478 e. The molecule has 1 heterocycles. The topological polar surface area (TPSA) is 103 Å². The van der Waals surface area contributed by atoms with Crippen molar-refractivity contribution in [3.63, 3.8) is 0 Å². The Balaban J connectivity index is 2.43. The molecule has 0 unspecified atom stereocenters. The first-order valence-electron chi connectivity index (χ1n) is 4.70. The molecule has 0 bridgehead atoms. The standard InChI is InChI=1S/C11H8N2O4/c14-9(15)4-2-6-1-3-7-8(5-6)13-10(12-7)11(16)17/h1-5H,(H,12,13)(H,14,15)(H,16,17). The molecular weight excluding hydrogens is 224 g/mol. The summed E-state index contributed by atoms with van der Waals surface area (Å²) < 4.78 is 0. The predicted octanol–water partition coefficient (Wildman–Crippen LogP) is 1.36. The van der Waals surface area contributed by atoms with E-state index in [1.807, 2.05) is 0 Å². The van der Waals surface area contributed by atoms with Gasteiger partial charge in [0, 0.05) is 6.08 Å². The molecule has 0 radical (unpaired) electrons. The van der Waals surface area contributed by atoms with E-state index in [0.29, 0.717) is 16.6 Å². The molecule has 0 aliphatic heterocycles. The number of benzene rings is 1. The molecule has 0 aliphatic carbocycles. The van der Waals surface area contributed by atoms with E-state index < -0.39 is 11.9 Å². The lowest BCUT2D eigenvalue weighted by atomic mass is 10.2. The maximum atomic E-state index is 10.7. The van der Waals surface area contributed by atoms with Gasteiger partial charge in [0.15, 0.2) is 0 Å². The number of aliphatic carboxylic acids is 1. The number of nitrogens with one attached hydrogen (secondary N) is 1. The number of aromatic carboxylic acids is 1. The van der Waals surface area contributed by atoms with Crippen LogP contribution in [0.3, 0.4) is 0 Å². The Morgan fingerprint density at radius 3 is 2.71 bits per heavy atom. The highest BCUT2D eigenvalue weighted by Gasteiger charge is 2.08. The Morgan fingerprint density at radius 1 is 1.29 bits per heavy atom. The molecule has 0 amide bonds. The van der Waals surface area contributed by atoms with Crippen LogP contribution >= 0.6 is 0 Å². The summed E-state index contributed by atoms with van der Waals surface area (Å²) in [6, 6.07) is 4.92. The first-order chi connectivity index (χ1) is 8.06. The number of aromatic nitrogens is 2. The summed E-state index contributed by atoms with van der Waals surface area (Å²) in [4.78, 5) is 27.5. The van der Waals surface area contributed by atoms with E-state index in [9.17, 15) is 9.59 Å². The average molecular weight is 232 g/mol. The van der Waals surface area contributed by atoms with Crippen LogP contribution < -0.4 is 0 Å². The second-order valence-corrected chi connectivity index (χ2v) is 3.34. The highest BCUT2D eigenvalue weighted by atomic mass is 16.4. The summed E-state index contributed by atoms with van der Waals surface area (Å²) in [5.74, 6) is -2.32. The van der Waals surface area contributed by atoms with Crippen molar-refractivity contribution in [2.24, 2.45) is 0 Å². The number of rotatable bonds is 3. The monoisotopic (exact) mass is 232 g/mol. The average Bonchev–Trinajstić information content (AvgIpc) is 2.69. The van der Waals surface area contributed by atoms with Crippen molar-refractivity contribution in [3.05, 3.63) is 35.7 Å². The molecule has 0 atom stereocenters. The van der Waals surface area contributed by atoms with Crippen molar-refractivity contribution >= 4 is 29.0 Å². The molecule has 2 aromatic rings. The lowest BCUT2D eigenvalue weighted by molar-refractivity contribution is -0.131. The van der Waals surface area contributed by atoms with Gasteiger partial charge in [-0.1, -0.05) is 6.07 Å². The van der Waals surface area contributed by atoms with Gasteiger partial charge in [-0.15, -0.1) is 0 Å². The first-order valence-corrected chi connectivity index (χ1v) is 4.70. The third kappa shape index (κ3) is 2.31. The van der Waals surface area contributed by atoms with Gasteiger partial charge in [-0.25, -0.2) is 14.6 Å². The molecule has 1 aromatic heterocycles. The highest BCUT2D eigenvalue weighted by Crippen LogP contribution is 2.14. The zero-order valence-corrected chi connectivity index (χ0v) is 8.54. The minimum Gasteiger partial charge on any atom is -0.478 e. The number of fused-ring (bicyclic) bond motifs is 1. The maximum Gasteiger partial charge on any atom is 0.371 e. The van der Waals surface area contributed by atoms with Crippen molar-refractivity contribution in [1.29, 1.82) is 0 Å². The molecule has 86 valence electrons. The second-order valence-electron chi connectivity index (χ2n) is 3.34. The lowest BCUT2D eigenvalue weighted by Gasteiger charge is -1.92. The number of carboxylic acids is 2. The second kappa shape index (κ2) is 4.09. The van der Waals surface area contributed by atoms with E-state index in [-0.39, 0.29) is 5.82 Å². The normalized spacial score (nSPS) is 11.1. The van der Waals surface area contributed by atoms with Crippen LogP contribution in [0.1, 0.15) is 16.2 Å². The predicted molar refractivity (Wildman–Crippen MR) is 59.7 cm³/mol. The van der Waals surface area contributed by atoms with Crippen LogP contribution in [0.15, 0.2) is 24.3 Å². The number of hydrogen-bond donors (Lipinski definition) is 3. The number of imidazole rings is 1. The minimum absolute atomic E-state index is 0.139. The van der Waals surface area contributed by atoms with Gasteiger partial charge in [0.2, 0.25) is 5.82 Å². The van der Waals surface area contributed by atoms with Gasteiger partial charge in [-0.2, -0.15) is 0 Å². The zero-order chi connectivity index (χ0) is 12.4. The van der Waals surface area contributed by atoms with Gasteiger partial charge in [-0.3, -0.25) is 0 Å². The van der Waals surface area contributed by atoms with Crippen molar-refractivity contribution in [3.8, 4) is 0 Å². The van der Waals surface area contributed by atoms with Gasteiger partial charge in [0.1, 0.15) is 0 Å². The summed E-state index contributed by atoms with van der Waals surface area (Å²) >= 11 is 0. The van der Waals surface area contributed by atoms with Crippen LogP contribution in [0.5, 0.6) is 0 Å². The molecule has 6 heteroatoms. The molecular formula is C11H8N2O4. The van der Waals surface area contributed by atoms with Crippen molar-refractivity contribution < 1.29 is 19.8 Å². The maximum absolute atomic E-state index is 10.7. The summed E-state index contributed by atoms with van der Waals surface area (Å²) in [6.45, 7) is 0. The van der Waals surface area contributed by atoms with Gasteiger partial charge >= 0.3 is 11.9 Å². The zero-order valence-electron chi connectivity index (χ0n) is 8.54. The Hall–Kier alpha value is -2.63. The van der Waals surface area contributed by atoms with Gasteiger partial charge in [-0.05, 0) is 23.8 Å². The van der Waals surface area contributed by atoms with Gasteiger partial charge in [0.05, 0.1) is 11.0 Å². The van der Waals surface area contributed by atoms with E-state index in [1.165, 1.54) is 6.08 Å². The molecule has 0 saturated heterocycles. The Kier molecular flexibility index (Phi) is 2.61. The van der Waals surface area contributed by atoms with Gasteiger partial charge in [0.25, 0.3) is 0 Å².